The smallest absolute Gasteiger partial charge is 0.325 e. The van der Waals surface area contributed by atoms with Gasteiger partial charge in [-0.2, -0.15) is 0 Å². The van der Waals surface area contributed by atoms with Crippen LogP contribution in [0.15, 0.2) is 0 Å². The SMILES string of the molecule is CCOC(=O)CNC(=O)N1CCc2nc(C)nc(N3CCCC3)c2C1. The van der Waals surface area contributed by atoms with E-state index in [1.807, 2.05) is 6.92 Å². The predicted molar refractivity (Wildman–Crippen MR) is 92.4 cm³/mol. The summed E-state index contributed by atoms with van der Waals surface area (Å²) >= 11 is 0. The molecule has 0 radical (unpaired) electrons. The molecule has 3 heterocycles. The monoisotopic (exact) mass is 347 g/mol. The summed E-state index contributed by atoms with van der Waals surface area (Å²) in [5.41, 5.74) is 2.06. The molecule has 1 aromatic heterocycles. The van der Waals surface area contributed by atoms with Gasteiger partial charge in [0.15, 0.2) is 0 Å². The first kappa shape index (κ1) is 17.4. The van der Waals surface area contributed by atoms with E-state index in [0.29, 0.717) is 26.1 Å². The van der Waals surface area contributed by atoms with E-state index in [4.69, 9.17) is 4.74 Å². The second-order valence-corrected chi connectivity index (χ2v) is 6.35. The normalized spacial score (nSPS) is 16.6. The molecule has 0 saturated carbocycles. The van der Waals surface area contributed by atoms with Crippen molar-refractivity contribution in [1.82, 2.24) is 20.2 Å². The highest BCUT2D eigenvalue weighted by Crippen LogP contribution is 2.28. The molecule has 1 fully saturated rings. The number of aryl methyl sites for hydroxylation is 1. The Balaban J connectivity index is 1.71. The third kappa shape index (κ3) is 4.00. The molecule has 8 nitrogen and oxygen atoms in total. The third-order valence-electron chi connectivity index (χ3n) is 4.53. The lowest BCUT2D eigenvalue weighted by Crippen LogP contribution is -2.45. The summed E-state index contributed by atoms with van der Waals surface area (Å²) in [6.45, 7) is 6.89. The minimum atomic E-state index is -0.426. The van der Waals surface area contributed by atoms with Crippen molar-refractivity contribution in [2.75, 3.05) is 37.7 Å². The molecule has 0 aliphatic carbocycles. The number of aromatic nitrogens is 2. The molecular formula is C17H25N5O3. The minimum absolute atomic E-state index is 0.112. The number of ether oxygens (including phenoxy) is 1. The Bertz CT molecular complexity index is 658. The first-order chi connectivity index (χ1) is 12.1. The van der Waals surface area contributed by atoms with Crippen LogP contribution in [0.5, 0.6) is 0 Å². The molecule has 1 saturated heterocycles. The Labute approximate surface area is 147 Å². The topological polar surface area (TPSA) is 87.7 Å². The van der Waals surface area contributed by atoms with E-state index in [-0.39, 0.29) is 12.6 Å². The Hall–Kier alpha value is -2.38. The molecule has 136 valence electrons. The highest BCUT2D eigenvalue weighted by molar-refractivity contribution is 5.81. The van der Waals surface area contributed by atoms with Gasteiger partial charge in [-0.3, -0.25) is 4.79 Å². The Kier molecular flexibility index (Phi) is 5.35. The van der Waals surface area contributed by atoms with Crippen LogP contribution in [-0.2, 0) is 22.5 Å². The van der Waals surface area contributed by atoms with Gasteiger partial charge < -0.3 is 19.9 Å². The van der Waals surface area contributed by atoms with Crippen molar-refractivity contribution in [3.05, 3.63) is 17.1 Å². The van der Waals surface area contributed by atoms with E-state index in [0.717, 1.165) is 36.0 Å². The molecule has 0 atom stereocenters. The fraction of sp³-hybridized carbons (Fsp3) is 0.647. The van der Waals surface area contributed by atoms with Crippen molar-refractivity contribution in [1.29, 1.82) is 0 Å². The van der Waals surface area contributed by atoms with Crippen LogP contribution in [0.2, 0.25) is 0 Å². The van der Waals surface area contributed by atoms with Crippen LogP contribution in [0.4, 0.5) is 10.6 Å². The molecule has 0 aromatic carbocycles. The number of carbonyl (C=O) groups is 2. The highest BCUT2D eigenvalue weighted by atomic mass is 16.5. The Morgan fingerprint density at radius 2 is 1.96 bits per heavy atom. The van der Waals surface area contributed by atoms with Gasteiger partial charge in [-0.1, -0.05) is 0 Å². The number of carbonyl (C=O) groups excluding carboxylic acids is 2. The van der Waals surface area contributed by atoms with E-state index < -0.39 is 5.97 Å². The third-order valence-corrected chi connectivity index (χ3v) is 4.53. The van der Waals surface area contributed by atoms with Crippen molar-refractivity contribution >= 4 is 17.8 Å². The van der Waals surface area contributed by atoms with Crippen LogP contribution in [0.25, 0.3) is 0 Å². The van der Waals surface area contributed by atoms with Gasteiger partial charge in [0.25, 0.3) is 0 Å². The van der Waals surface area contributed by atoms with Crippen LogP contribution in [0, 0.1) is 6.92 Å². The van der Waals surface area contributed by atoms with E-state index in [9.17, 15) is 9.59 Å². The van der Waals surface area contributed by atoms with Crippen LogP contribution < -0.4 is 10.2 Å². The summed E-state index contributed by atoms with van der Waals surface area (Å²) in [4.78, 5) is 37.0. The summed E-state index contributed by atoms with van der Waals surface area (Å²) < 4.78 is 4.84. The molecule has 8 heteroatoms. The van der Waals surface area contributed by atoms with Gasteiger partial charge in [0, 0.05) is 31.6 Å². The zero-order valence-electron chi connectivity index (χ0n) is 14.9. The fourth-order valence-corrected chi connectivity index (χ4v) is 3.35. The van der Waals surface area contributed by atoms with E-state index in [1.54, 1.807) is 11.8 Å². The summed E-state index contributed by atoms with van der Waals surface area (Å²) in [5.74, 6) is 1.31. The maximum absolute atomic E-state index is 12.4. The van der Waals surface area contributed by atoms with Gasteiger partial charge in [0.05, 0.1) is 18.8 Å². The first-order valence-corrected chi connectivity index (χ1v) is 8.88. The second kappa shape index (κ2) is 7.67. The van der Waals surface area contributed by atoms with Crippen LogP contribution in [0.3, 0.4) is 0 Å². The van der Waals surface area contributed by atoms with Gasteiger partial charge in [0.2, 0.25) is 0 Å². The largest absolute Gasteiger partial charge is 0.465 e. The van der Waals surface area contributed by atoms with Crippen LogP contribution in [-0.4, -0.2) is 59.7 Å². The molecule has 2 aliphatic rings. The molecule has 2 aliphatic heterocycles. The molecule has 2 amide bonds. The lowest BCUT2D eigenvalue weighted by molar-refractivity contribution is -0.141. The number of amides is 2. The molecule has 0 bridgehead atoms. The number of esters is 1. The number of rotatable bonds is 4. The quantitative estimate of drug-likeness (QED) is 0.818. The van der Waals surface area contributed by atoms with Gasteiger partial charge >= 0.3 is 12.0 Å². The van der Waals surface area contributed by atoms with Gasteiger partial charge in [-0.15, -0.1) is 0 Å². The van der Waals surface area contributed by atoms with Crippen molar-refractivity contribution in [3.8, 4) is 0 Å². The first-order valence-electron chi connectivity index (χ1n) is 8.88. The molecular weight excluding hydrogens is 322 g/mol. The number of hydrogen-bond donors (Lipinski definition) is 1. The number of anilines is 1. The second-order valence-electron chi connectivity index (χ2n) is 6.35. The van der Waals surface area contributed by atoms with Crippen molar-refractivity contribution in [2.45, 2.75) is 39.7 Å². The maximum Gasteiger partial charge on any atom is 0.325 e. The lowest BCUT2D eigenvalue weighted by Gasteiger charge is -2.31. The summed E-state index contributed by atoms with van der Waals surface area (Å²) in [7, 11) is 0. The van der Waals surface area contributed by atoms with Crippen molar-refractivity contribution < 1.29 is 14.3 Å². The maximum atomic E-state index is 12.4. The number of urea groups is 1. The average molecular weight is 347 g/mol. The summed E-state index contributed by atoms with van der Waals surface area (Å²) in [6.07, 6.45) is 3.04. The van der Waals surface area contributed by atoms with Crippen molar-refractivity contribution in [2.24, 2.45) is 0 Å². The van der Waals surface area contributed by atoms with E-state index in [2.05, 4.69) is 20.2 Å². The van der Waals surface area contributed by atoms with E-state index in [1.165, 1.54) is 12.8 Å². The molecule has 3 rings (SSSR count). The minimum Gasteiger partial charge on any atom is -0.465 e. The molecule has 1 aromatic rings. The number of nitrogens with one attached hydrogen (secondary N) is 1. The number of hydrogen-bond acceptors (Lipinski definition) is 6. The molecule has 25 heavy (non-hydrogen) atoms. The van der Waals surface area contributed by atoms with Gasteiger partial charge in [-0.25, -0.2) is 14.8 Å². The Morgan fingerprint density at radius 3 is 2.68 bits per heavy atom. The summed E-state index contributed by atoms with van der Waals surface area (Å²) in [6, 6.07) is -0.258. The average Bonchev–Trinajstić information content (AvgIpc) is 3.13. The number of fused-ring (bicyclic) bond motifs is 1. The van der Waals surface area contributed by atoms with Crippen LogP contribution >= 0.6 is 0 Å². The fourth-order valence-electron chi connectivity index (χ4n) is 3.35. The molecule has 1 N–H and O–H groups in total. The molecule has 0 spiro atoms. The highest BCUT2D eigenvalue weighted by Gasteiger charge is 2.28. The molecule has 0 unspecified atom stereocenters. The predicted octanol–water partition coefficient (Wildman–Crippen LogP) is 1.02. The lowest BCUT2D eigenvalue weighted by atomic mass is 10.1. The summed E-state index contributed by atoms with van der Waals surface area (Å²) in [5, 5.41) is 2.63. The standard InChI is InChI=1S/C17H25N5O3/c1-3-25-15(23)10-18-17(24)22-9-6-14-13(11-22)16(20-12(2)19-14)21-7-4-5-8-21/h3-11H2,1-2H3,(H,18,24). The Morgan fingerprint density at radius 1 is 1.20 bits per heavy atom. The van der Waals surface area contributed by atoms with E-state index >= 15 is 0 Å². The van der Waals surface area contributed by atoms with Crippen molar-refractivity contribution in [3.63, 3.8) is 0 Å². The van der Waals surface area contributed by atoms with Gasteiger partial charge in [0.1, 0.15) is 18.2 Å². The number of nitrogens with zero attached hydrogens (tertiary/aromatic N) is 4. The van der Waals surface area contributed by atoms with Crippen LogP contribution in [0.1, 0.15) is 36.8 Å². The zero-order chi connectivity index (χ0) is 17.8. The van der Waals surface area contributed by atoms with Gasteiger partial charge in [-0.05, 0) is 26.7 Å². The zero-order valence-corrected chi connectivity index (χ0v) is 14.9.